The van der Waals surface area contributed by atoms with E-state index in [9.17, 15) is 24.6 Å². The Morgan fingerprint density at radius 2 is 1.46 bits per heavy atom. The van der Waals surface area contributed by atoms with Crippen LogP contribution < -0.4 is 16.0 Å². The van der Waals surface area contributed by atoms with E-state index in [1.807, 2.05) is 114 Å². The van der Waals surface area contributed by atoms with Gasteiger partial charge in [0.05, 0.1) is 24.9 Å². The molecule has 0 bridgehead atoms. The molecule has 0 fully saturated rings. The lowest BCUT2D eigenvalue weighted by atomic mass is 9.70. The van der Waals surface area contributed by atoms with Gasteiger partial charge in [-0.1, -0.05) is 102 Å². The summed E-state index contributed by atoms with van der Waals surface area (Å²) in [7, 11) is 1.23. The Morgan fingerprint density at radius 3 is 1.98 bits per heavy atom. The summed E-state index contributed by atoms with van der Waals surface area (Å²) >= 11 is 0. The van der Waals surface area contributed by atoms with Crippen molar-refractivity contribution in [3.8, 4) is 11.3 Å². The number of carboxylic acid groups (broad SMARTS) is 1. The van der Waals surface area contributed by atoms with Gasteiger partial charge in [0.25, 0.3) is 0 Å². The van der Waals surface area contributed by atoms with Crippen LogP contribution in [-0.2, 0) is 16.0 Å². The van der Waals surface area contributed by atoms with E-state index in [0.717, 1.165) is 22.4 Å². The van der Waals surface area contributed by atoms with Crippen molar-refractivity contribution < 1.29 is 29.3 Å². The third-order valence-electron chi connectivity index (χ3n) is 8.00. The largest absolute Gasteiger partial charge is 0.465 e. The standard InChI is InChI=1S/C36H48N4O6/c1-35(2,3)29(25-18-16-24(17-19-25)27-15-11-12-20-37-27)30(39-32(42)31(36(4,5)6)40-34(45)46-7)28(41)22-26(38-33(43)44)21-23-13-9-8-10-14-23/h8-20,26,28-31,38,41H,21-22H2,1-7H3,(H,39,42)(H,40,45)(H,43,44)/t26-,28-,29?,30+,31+/m0/s1. The van der Waals surface area contributed by atoms with E-state index >= 15 is 0 Å². The number of nitrogens with one attached hydrogen (secondary N) is 3. The first-order chi connectivity index (χ1) is 21.6. The van der Waals surface area contributed by atoms with Crippen LogP contribution in [0.3, 0.4) is 0 Å². The molecule has 3 amide bonds. The number of amides is 3. The molecule has 2 aromatic carbocycles. The van der Waals surface area contributed by atoms with Gasteiger partial charge in [-0.3, -0.25) is 9.78 Å². The molecular formula is C36H48N4O6. The Morgan fingerprint density at radius 1 is 0.826 bits per heavy atom. The number of pyridine rings is 1. The van der Waals surface area contributed by atoms with Gasteiger partial charge in [-0.25, -0.2) is 9.59 Å². The van der Waals surface area contributed by atoms with Crippen LogP contribution in [0.1, 0.15) is 65.0 Å². The first kappa shape index (κ1) is 36.0. The van der Waals surface area contributed by atoms with Crippen molar-refractivity contribution in [3.05, 3.63) is 90.1 Å². The second-order valence-electron chi connectivity index (χ2n) is 13.8. The summed E-state index contributed by atoms with van der Waals surface area (Å²) in [6.07, 6.45) is -1.04. The normalized spacial score (nSPS) is 15.0. The zero-order chi connectivity index (χ0) is 34.1. The van der Waals surface area contributed by atoms with Gasteiger partial charge >= 0.3 is 12.2 Å². The molecule has 3 aromatic rings. The molecule has 5 atom stereocenters. The number of hydrogen-bond acceptors (Lipinski definition) is 6. The molecule has 46 heavy (non-hydrogen) atoms. The molecule has 0 saturated heterocycles. The molecule has 1 heterocycles. The Bertz CT molecular complexity index is 1420. The van der Waals surface area contributed by atoms with E-state index in [4.69, 9.17) is 4.74 Å². The molecule has 1 aromatic heterocycles. The number of aromatic nitrogens is 1. The maximum absolute atomic E-state index is 14.0. The minimum absolute atomic E-state index is 0.0232. The summed E-state index contributed by atoms with van der Waals surface area (Å²) in [5.41, 5.74) is 2.33. The maximum Gasteiger partial charge on any atom is 0.407 e. The van der Waals surface area contributed by atoms with E-state index in [1.54, 1.807) is 6.20 Å². The molecular weight excluding hydrogens is 584 g/mol. The second-order valence-corrected chi connectivity index (χ2v) is 13.8. The molecule has 0 aliphatic heterocycles. The molecule has 3 rings (SSSR count). The second kappa shape index (κ2) is 15.7. The Balaban J connectivity index is 2.06. The van der Waals surface area contributed by atoms with E-state index in [2.05, 4.69) is 20.9 Å². The Hall–Kier alpha value is -4.44. The summed E-state index contributed by atoms with van der Waals surface area (Å²) in [6.45, 7) is 11.6. The van der Waals surface area contributed by atoms with Crippen molar-refractivity contribution in [3.63, 3.8) is 0 Å². The van der Waals surface area contributed by atoms with E-state index in [-0.39, 0.29) is 6.42 Å². The molecule has 0 aliphatic carbocycles. The lowest BCUT2D eigenvalue weighted by molar-refractivity contribution is -0.127. The van der Waals surface area contributed by atoms with Gasteiger partial charge in [-0.2, -0.15) is 0 Å². The van der Waals surface area contributed by atoms with Crippen LogP contribution >= 0.6 is 0 Å². The molecule has 0 radical (unpaired) electrons. The number of nitrogens with zero attached hydrogens (tertiary/aromatic N) is 1. The molecule has 248 valence electrons. The third-order valence-corrected chi connectivity index (χ3v) is 8.00. The number of aliphatic hydroxyl groups is 1. The summed E-state index contributed by atoms with van der Waals surface area (Å²) < 4.78 is 4.79. The smallest absolute Gasteiger partial charge is 0.407 e. The third kappa shape index (κ3) is 10.3. The lowest BCUT2D eigenvalue weighted by Crippen LogP contribution is -2.59. The summed E-state index contributed by atoms with van der Waals surface area (Å²) in [5.74, 6) is -0.919. The highest BCUT2D eigenvalue weighted by atomic mass is 16.5. The number of ether oxygens (including phenoxy) is 1. The van der Waals surface area contributed by atoms with E-state index < -0.39 is 59.1 Å². The predicted octanol–water partition coefficient (Wildman–Crippen LogP) is 5.76. The fourth-order valence-electron chi connectivity index (χ4n) is 5.85. The average Bonchev–Trinajstić information content (AvgIpc) is 2.99. The predicted molar refractivity (Wildman–Crippen MR) is 178 cm³/mol. The minimum Gasteiger partial charge on any atom is -0.465 e. The monoisotopic (exact) mass is 632 g/mol. The van der Waals surface area contributed by atoms with Gasteiger partial charge in [0, 0.05) is 23.7 Å². The van der Waals surface area contributed by atoms with Crippen molar-refractivity contribution in [2.75, 3.05) is 7.11 Å². The van der Waals surface area contributed by atoms with Crippen molar-refractivity contribution in [2.45, 2.75) is 84.5 Å². The van der Waals surface area contributed by atoms with Crippen LogP contribution in [0, 0.1) is 10.8 Å². The number of carbonyl (C=O) groups excluding carboxylic acids is 2. The first-order valence-electron chi connectivity index (χ1n) is 15.5. The van der Waals surface area contributed by atoms with Gasteiger partial charge in [0.15, 0.2) is 0 Å². The highest BCUT2D eigenvalue weighted by molar-refractivity contribution is 5.86. The number of benzene rings is 2. The van der Waals surface area contributed by atoms with E-state index in [0.29, 0.717) is 6.42 Å². The topological polar surface area (TPSA) is 150 Å². The van der Waals surface area contributed by atoms with Crippen LogP contribution in [0.4, 0.5) is 9.59 Å². The number of alkyl carbamates (subject to hydrolysis) is 1. The van der Waals surface area contributed by atoms with Crippen LogP contribution in [0.5, 0.6) is 0 Å². The molecule has 0 spiro atoms. The summed E-state index contributed by atoms with van der Waals surface area (Å²) in [6, 6.07) is 20.5. The van der Waals surface area contributed by atoms with Crippen molar-refractivity contribution in [1.29, 1.82) is 0 Å². The number of rotatable bonds is 12. The summed E-state index contributed by atoms with van der Waals surface area (Å²) in [4.78, 5) is 42.5. The van der Waals surface area contributed by atoms with E-state index in [1.165, 1.54) is 7.11 Å². The Kier molecular flexibility index (Phi) is 12.3. The maximum atomic E-state index is 14.0. The minimum atomic E-state index is -1.21. The molecule has 5 N–H and O–H groups in total. The average molecular weight is 633 g/mol. The highest BCUT2D eigenvalue weighted by Gasteiger charge is 2.42. The lowest BCUT2D eigenvalue weighted by Gasteiger charge is -2.42. The van der Waals surface area contributed by atoms with Crippen LogP contribution in [0.25, 0.3) is 11.3 Å². The van der Waals surface area contributed by atoms with Crippen molar-refractivity contribution >= 4 is 18.1 Å². The van der Waals surface area contributed by atoms with Gasteiger partial charge in [-0.05, 0) is 46.9 Å². The molecule has 10 nitrogen and oxygen atoms in total. The SMILES string of the molecule is COC(=O)N[C@H](C(=O)N[C@@H](C(c1ccc(-c2ccccn2)cc1)C(C)(C)C)[C@@H](O)C[C@H](Cc1ccccc1)NC(=O)O)C(C)(C)C. The van der Waals surface area contributed by atoms with Gasteiger partial charge in [-0.15, -0.1) is 0 Å². The number of aliphatic hydroxyl groups excluding tert-OH is 1. The van der Waals surface area contributed by atoms with Crippen LogP contribution in [0.2, 0.25) is 0 Å². The van der Waals surface area contributed by atoms with Crippen molar-refractivity contribution in [1.82, 2.24) is 20.9 Å². The molecule has 0 saturated carbocycles. The summed E-state index contributed by atoms with van der Waals surface area (Å²) in [5, 5.41) is 29.9. The van der Waals surface area contributed by atoms with Crippen LogP contribution in [0.15, 0.2) is 79.0 Å². The number of carbonyl (C=O) groups is 3. The fraction of sp³-hybridized carbons (Fsp3) is 0.444. The van der Waals surface area contributed by atoms with Gasteiger partial charge < -0.3 is 30.9 Å². The highest BCUT2D eigenvalue weighted by Crippen LogP contribution is 2.40. The first-order valence-corrected chi connectivity index (χ1v) is 15.5. The number of methoxy groups -OCH3 is 1. The van der Waals surface area contributed by atoms with Gasteiger partial charge in [0.2, 0.25) is 5.91 Å². The van der Waals surface area contributed by atoms with Gasteiger partial charge in [0.1, 0.15) is 6.04 Å². The molecule has 10 heteroatoms. The zero-order valence-corrected chi connectivity index (χ0v) is 27.8. The Labute approximate surface area is 272 Å². The number of hydrogen-bond donors (Lipinski definition) is 5. The van der Waals surface area contributed by atoms with Crippen molar-refractivity contribution in [2.24, 2.45) is 10.8 Å². The quantitative estimate of drug-likeness (QED) is 0.170. The molecule has 0 aliphatic rings. The van der Waals surface area contributed by atoms with Crippen LogP contribution in [-0.4, -0.2) is 64.6 Å². The fourth-order valence-corrected chi connectivity index (χ4v) is 5.85. The molecule has 1 unspecified atom stereocenters. The zero-order valence-electron chi connectivity index (χ0n) is 27.8.